The standard InChI is InChI=1S/C13H14FN3O2.Na/c14-11-6-4-10(5-7-11)12-9-17(16-15-12)8-2-1-3-13(18)19;/h4-7,9H,1-3,8H2,(H,18,19);/q;+1/p-1. The summed E-state index contributed by atoms with van der Waals surface area (Å²) in [6, 6.07) is 6.02. The van der Waals surface area contributed by atoms with Crippen molar-refractivity contribution in [1.82, 2.24) is 15.0 Å². The average molecular weight is 285 g/mol. The van der Waals surface area contributed by atoms with Crippen molar-refractivity contribution in [3.8, 4) is 11.3 Å². The maximum atomic E-state index is 12.8. The number of hydrogen-bond acceptors (Lipinski definition) is 4. The van der Waals surface area contributed by atoms with E-state index in [1.165, 1.54) is 12.1 Å². The van der Waals surface area contributed by atoms with E-state index in [1.54, 1.807) is 23.0 Å². The van der Waals surface area contributed by atoms with Gasteiger partial charge in [-0.3, -0.25) is 4.68 Å². The van der Waals surface area contributed by atoms with Crippen molar-refractivity contribution in [2.75, 3.05) is 0 Å². The summed E-state index contributed by atoms with van der Waals surface area (Å²) < 4.78 is 14.4. The molecule has 0 aliphatic heterocycles. The number of carboxylic acid groups (broad SMARTS) is 1. The first-order valence-electron chi connectivity index (χ1n) is 6.01. The van der Waals surface area contributed by atoms with Gasteiger partial charge in [0, 0.05) is 18.1 Å². The van der Waals surface area contributed by atoms with E-state index in [0.29, 0.717) is 25.1 Å². The van der Waals surface area contributed by atoms with Gasteiger partial charge in [-0.2, -0.15) is 0 Å². The summed E-state index contributed by atoms with van der Waals surface area (Å²) in [7, 11) is 0. The van der Waals surface area contributed by atoms with Gasteiger partial charge in [-0.25, -0.2) is 4.39 Å². The molecule has 1 aromatic carbocycles. The second-order valence-electron chi connectivity index (χ2n) is 4.20. The molecule has 2 aromatic rings. The minimum Gasteiger partial charge on any atom is -0.550 e. The van der Waals surface area contributed by atoms with Crippen molar-refractivity contribution in [2.45, 2.75) is 25.8 Å². The van der Waals surface area contributed by atoms with Crippen molar-refractivity contribution >= 4 is 5.97 Å². The first-order chi connectivity index (χ1) is 9.15. The van der Waals surface area contributed by atoms with Crippen molar-refractivity contribution < 1.29 is 43.8 Å². The molecule has 0 aliphatic carbocycles. The Morgan fingerprint density at radius 3 is 2.60 bits per heavy atom. The Morgan fingerprint density at radius 1 is 1.25 bits per heavy atom. The van der Waals surface area contributed by atoms with Crippen LogP contribution in [0.3, 0.4) is 0 Å². The molecule has 0 aliphatic rings. The summed E-state index contributed by atoms with van der Waals surface area (Å²) in [5, 5.41) is 18.2. The Labute approximate surface area is 138 Å². The molecule has 0 radical (unpaired) electrons. The number of benzene rings is 1. The van der Waals surface area contributed by atoms with Crippen molar-refractivity contribution in [1.29, 1.82) is 0 Å². The van der Waals surface area contributed by atoms with Crippen LogP contribution in [0.2, 0.25) is 0 Å². The van der Waals surface area contributed by atoms with Crippen LogP contribution in [0, 0.1) is 5.82 Å². The molecular formula is C13H13FN3NaO2. The zero-order valence-electron chi connectivity index (χ0n) is 11.3. The van der Waals surface area contributed by atoms with E-state index in [4.69, 9.17) is 0 Å². The summed E-state index contributed by atoms with van der Waals surface area (Å²) in [6.45, 7) is 0.599. The van der Waals surface area contributed by atoms with Crippen LogP contribution in [0.1, 0.15) is 19.3 Å². The molecule has 0 saturated carbocycles. The molecule has 0 saturated heterocycles. The number of aryl methyl sites for hydroxylation is 1. The van der Waals surface area contributed by atoms with Gasteiger partial charge in [0.1, 0.15) is 11.5 Å². The maximum absolute atomic E-state index is 12.8. The van der Waals surface area contributed by atoms with Gasteiger partial charge >= 0.3 is 29.6 Å². The van der Waals surface area contributed by atoms with Crippen LogP contribution in [0.5, 0.6) is 0 Å². The normalized spacial score (nSPS) is 10.1. The topological polar surface area (TPSA) is 70.8 Å². The van der Waals surface area contributed by atoms with Gasteiger partial charge in [-0.05, 0) is 43.5 Å². The number of aliphatic carboxylic acids is 1. The van der Waals surface area contributed by atoms with E-state index >= 15 is 0 Å². The van der Waals surface area contributed by atoms with Crippen molar-refractivity contribution in [3.63, 3.8) is 0 Å². The molecule has 0 spiro atoms. The Morgan fingerprint density at radius 2 is 1.95 bits per heavy atom. The van der Waals surface area contributed by atoms with E-state index in [-0.39, 0.29) is 41.8 Å². The Bertz CT molecular complexity index is 557. The molecule has 0 fully saturated rings. The minimum atomic E-state index is -1.04. The van der Waals surface area contributed by atoms with Crippen LogP contribution >= 0.6 is 0 Å². The van der Waals surface area contributed by atoms with Crippen molar-refractivity contribution in [3.05, 3.63) is 36.3 Å². The number of halogens is 1. The van der Waals surface area contributed by atoms with Crippen LogP contribution in [0.4, 0.5) is 4.39 Å². The van der Waals surface area contributed by atoms with E-state index in [1.807, 2.05) is 0 Å². The molecule has 0 N–H and O–H groups in total. The zero-order chi connectivity index (χ0) is 13.7. The summed E-state index contributed by atoms with van der Waals surface area (Å²) in [6.07, 6.45) is 3.06. The number of carbonyl (C=O) groups is 1. The number of hydrogen-bond donors (Lipinski definition) is 0. The molecule has 0 atom stereocenters. The minimum absolute atomic E-state index is 0. The van der Waals surface area contributed by atoms with Crippen LogP contribution in [0.15, 0.2) is 30.5 Å². The monoisotopic (exact) mass is 285 g/mol. The fourth-order valence-corrected chi connectivity index (χ4v) is 1.70. The average Bonchev–Trinajstić information content (AvgIpc) is 2.84. The molecule has 0 bridgehead atoms. The Hall–Kier alpha value is -1.24. The zero-order valence-corrected chi connectivity index (χ0v) is 13.3. The Balaban J connectivity index is 0.00000200. The Kier molecular flexibility index (Phi) is 6.84. The third-order valence-corrected chi connectivity index (χ3v) is 2.70. The molecule has 2 rings (SSSR count). The third kappa shape index (κ3) is 5.03. The van der Waals surface area contributed by atoms with Gasteiger partial charge < -0.3 is 9.90 Å². The van der Waals surface area contributed by atoms with Gasteiger partial charge in [0.2, 0.25) is 0 Å². The molecule has 5 nitrogen and oxygen atoms in total. The quantitative estimate of drug-likeness (QED) is 0.455. The van der Waals surface area contributed by atoms with Crippen LogP contribution < -0.4 is 34.7 Å². The second-order valence-corrected chi connectivity index (χ2v) is 4.20. The fourth-order valence-electron chi connectivity index (χ4n) is 1.70. The predicted octanol–water partition coefficient (Wildman–Crippen LogP) is -1.99. The first kappa shape index (κ1) is 16.8. The SMILES string of the molecule is O=C([O-])CCCCn1cc(-c2ccc(F)cc2)nn1.[Na+]. The van der Waals surface area contributed by atoms with E-state index in [2.05, 4.69) is 10.3 Å². The number of unbranched alkanes of at least 4 members (excludes halogenated alkanes) is 1. The molecule has 100 valence electrons. The maximum Gasteiger partial charge on any atom is 1.00 e. The molecule has 7 heteroatoms. The fraction of sp³-hybridized carbons (Fsp3) is 0.308. The molecule has 20 heavy (non-hydrogen) atoms. The molecule has 0 unspecified atom stereocenters. The van der Waals surface area contributed by atoms with E-state index in [9.17, 15) is 14.3 Å². The summed E-state index contributed by atoms with van der Waals surface area (Å²) in [4.78, 5) is 10.3. The molecule has 1 heterocycles. The van der Waals surface area contributed by atoms with Crippen molar-refractivity contribution in [2.24, 2.45) is 0 Å². The molecule has 1 aromatic heterocycles. The summed E-state index contributed by atoms with van der Waals surface area (Å²) in [5.41, 5.74) is 1.46. The van der Waals surface area contributed by atoms with Gasteiger partial charge in [-0.15, -0.1) is 5.10 Å². The molecule has 0 amide bonds. The van der Waals surface area contributed by atoms with Gasteiger partial charge in [0.15, 0.2) is 0 Å². The van der Waals surface area contributed by atoms with Crippen LogP contribution in [0.25, 0.3) is 11.3 Å². The molecular weight excluding hydrogens is 272 g/mol. The first-order valence-corrected chi connectivity index (χ1v) is 6.01. The predicted molar refractivity (Wildman–Crippen MR) is 64.3 cm³/mol. The number of carbonyl (C=O) groups excluding carboxylic acids is 1. The number of aromatic nitrogens is 3. The van der Waals surface area contributed by atoms with Gasteiger partial charge in [-0.1, -0.05) is 5.21 Å². The van der Waals surface area contributed by atoms with Crippen LogP contribution in [-0.4, -0.2) is 21.0 Å². The summed E-state index contributed by atoms with van der Waals surface area (Å²) in [5.74, 6) is -1.33. The third-order valence-electron chi connectivity index (χ3n) is 2.70. The second kappa shape index (κ2) is 8.14. The van der Waals surface area contributed by atoms with E-state index < -0.39 is 5.97 Å². The van der Waals surface area contributed by atoms with Gasteiger partial charge in [0.05, 0.1) is 6.20 Å². The number of carboxylic acids is 1. The van der Waals surface area contributed by atoms with Gasteiger partial charge in [0.25, 0.3) is 0 Å². The van der Waals surface area contributed by atoms with Crippen LogP contribution in [-0.2, 0) is 11.3 Å². The number of rotatable bonds is 6. The number of nitrogens with zero attached hydrogens (tertiary/aromatic N) is 3. The largest absolute Gasteiger partial charge is 1.00 e. The van der Waals surface area contributed by atoms with E-state index in [0.717, 1.165) is 5.56 Å². The summed E-state index contributed by atoms with van der Waals surface area (Å²) >= 11 is 0. The smallest absolute Gasteiger partial charge is 0.550 e.